The number of rotatable bonds is 5. The van der Waals surface area contributed by atoms with Crippen LogP contribution in [0.3, 0.4) is 0 Å². The summed E-state index contributed by atoms with van der Waals surface area (Å²) in [5.74, 6) is -1.08. The molecule has 4 N–H and O–H groups in total. The number of primary amides is 1. The number of nitrogens with one attached hydrogen (secondary N) is 2. The lowest BCUT2D eigenvalue weighted by Crippen LogP contribution is -2.35. The van der Waals surface area contributed by atoms with E-state index in [1.807, 2.05) is 4.90 Å². The van der Waals surface area contributed by atoms with Crippen LogP contribution in [0.25, 0.3) is 0 Å². The zero-order valence-corrected chi connectivity index (χ0v) is 14.6. The molecule has 1 aliphatic rings. The first kappa shape index (κ1) is 18.4. The van der Waals surface area contributed by atoms with Gasteiger partial charge in [-0.25, -0.2) is 4.79 Å². The molecule has 3 rings (SSSR count). The number of aromatic nitrogens is 2. The van der Waals surface area contributed by atoms with E-state index in [-0.39, 0.29) is 24.2 Å². The molecule has 10 heteroatoms. The van der Waals surface area contributed by atoms with Gasteiger partial charge in [-0.1, -0.05) is 11.2 Å². The van der Waals surface area contributed by atoms with Crippen molar-refractivity contribution in [3.63, 3.8) is 0 Å². The maximum Gasteiger partial charge on any atom is 0.319 e. The second kappa shape index (κ2) is 8.30. The fraction of sp³-hybridized carbons (Fsp3) is 0.353. The Morgan fingerprint density at radius 3 is 2.67 bits per heavy atom. The maximum absolute atomic E-state index is 12.5. The topological polar surface area (TPSA) is 143 Å². The maximum atomic E-state index is 12.5. The number of amides is 4. The lowest BCUT2D eigenvalue weighted by atomic mass is 10.1. The first-order valence-electron chi connectivity index (χ1n) is 8.59. The standard InChI is InChI=1S/C17H20N6O4/c18-14(24)15-21-13(22-27-15)10-19-17(26)20-12-6-4-5-11(9-12)16(25)23-7-2-1-3-8-23/h4-6,9H,1-3,7-8,10H2,(H2,18,24)(H2,19,20,26). The summed E-state index contributed by atoms with van der Waals surface area (Å²) in [7, 11) is 0. The number of carbonyl (C=O) groups excluding carboxylic acids is 3. The summed E-state index contributed by atoms with van der Waals surface area (Å²) in [5.41, 5.74) is 6.03. The number of benzene rings is 1. The molecule has 1 aromatic carbocycles. The molecule has 0 radical (unpaired) electrons. The Kier molecular flexibility index (Phi) is 5.64. The van der Waals surface area contributed by atoms with E-state index >= 15 is 0 Å². The molecule has 0 saturated carbocycles. The Hall–Kier alpha value is -3.43. The predicted molar refractivity (Wildman–Crippen MR) is 94.9 cm³/mol. The molecule has 1 saturated heterocycles. The summed E-state index contributed by atoms with van der Waals surface area (Å²) >= 11 is 0. The molecule has 1 aromatic heterocycles. The normalized spacial score (nSPS) is 13.9. The van der Waals surface area contributed by atoms with Gasteiger partial charge in [-0.05, 0) is 37.5 Å². The molecular weight excluding hydrogens is 352 g/mol. The van der Waals surface area contributed by atoms with Gasteiger partial charge in [-0.2, -0.15) is 4.98 Å². The third-order valence-corrected chi connectivity index (χ3v) is 4.10. The van der Waals surface area contributed by atoms with Gasteiger partial charge in [0.2, 0.25) is 0 Å². The Balaban J connectivity index is 1.55. The van der Waals surface area contributed by atoms with Crippen LogP contribution < -0.4 is 16.4 Å². The fourth-order valence-electron chi connectivity index (χ4n) is 2.77. The number of urea groups is 1. The zero-order chi connectivity index (χ0) is 19.2. The highest BCUT2D eigenvalue weighted by atomic mass is 16.5. The Morgan fingerprint density at radius 1 is 1.19 bits per heavy atom. The van der Waals surface area contributed by atoms with Gasteiger partial charge in [0.05, 0.1) is 6.54 Å². The average molecular weight is 372 g/mol. The highest BCUT2D eigenvalue weighted by Gasteiger charge is 2.18. The highest BCUT2D eigenvalue weighted by Crippen LogP contribution is 2.16. The van der Waals surface area contributed by atoms with Crippen LogP contribution in [0.5, 0.6) is 0 Å². The Bertz CT molecular complexity index is 843. The third kappa shape index (κ3) is 4.81. The number of hydrogen-bond donors (Lipinski definition) is 3. The van der Waals surface area contributed by atoms with Crippen LogP contribution in [-0.2, 0) is 6.54 Å². The first-order valence-corrected chi connectivity index (χ1v) is 8.59. The van der Waals surface area contributed by atoms with Crippen LogP contribution in [0.15, 0.2) is 28.8 Å². The largest absolute Gasteiger partial charge is 0.361 e. The van der Waals surface area contributed by atoms with Crippen LogP contribution in [0.4, 0.5) is 10.5 Å². The minimum absolute atomic E-state index is 0.0375. The monoisotopic (exact) mass is 372 g/mol. The number of likely N-dealkylation sites (tertiary alicyclic amines) is 1. The van der Waals surface area contributed by atoms with E-state index in [1.54, 1.807) is 24.3 Å². The zero-order valence-electron chi connectivity index (χ0n) is 14.6. The van der Waals surface area contributed by atoms with Crippen molar-refractivity contribution in [2.24, 2.45) is 5.73 Å². The van der Waals surface area contributed by atoms with E-state index in [0.717, 1.165) is 32.4 Å². The highest BCUT2D eigenvalue weighted by molar-refractivity contribution is 5.97. The van der Waals surface area contributed by atoms with Crippen molar-refractivity contribution in [1.29, 1.82) is 0 Å². The van der Waals surface area contributed by atoms with Gasteiger partial charge in [0, 0.05) is 24.3 Å². The van der Waals surface area contributed by atoms with Gasteiger partial charge in [0.15, 0.2) is 5.82 Å². The minimum Gasteiger partial charge on any atom is -0.361 e. The van der Waals surface area contributed by atoms with Crippen LogP contribution in [0.2, 0.25) is 0 Å². The second-order valence-electron chi connectivity index (χ2n) is 6.12. The molecule has 4 amide bonds. The molecule has 1 aliphatic heterocycles. The van der Waals surface area contributed by atoms with Gasteiger partial charge < -0.3 is 25.8 Å². The number of nitrogens with zero attached hydrogens (tertiary/aromatic N) is 3. The van der Waals surface area contributed by atoms with Crippen LogP contribution in [-0.4, -0.2) is 46.0 Å². The molecule has 0 spiro atoms. The average Bonchev–Trinajstić information content (AvgIpc) is 3.16. The summed E-state index contributed by atoms with van der Waals surface area (Å²) in [6.07, 6.45) is 3.17. The van der Waals surface area contributed by atoms with Crippen LogP contribution in [0.1, 0.15) is 46.1 Å². The lowest BCUT2D eigenvalue weighted by molar-refractivity contribution is 0.0724. The van der Waals surface area contributed by atoms with Crippen molar-refractivity contribution in [1.82, 2.24) is 20.4 Å². The van der Waals surface area contributed by atoms with Crippen LogP contribution >= 0.6 is 0 Å². The summed E-state index contributed by atoms with van der Waals surface area (Å²) in [6, 6.07) is 6.25. The van der Waals surface area contributed by atoms with Crippen molar-refractivity contribution >= 4 is 23.5 Å². The number of carbonyl (C=O) groups is 3. The lowest BCUT2D eigenvalue weighted by Gasteiger charge is -2.26. The van der Waals surface area contributed by atoms with Crippen LogP contribution in [0, 0.1) is 0 Å². The molecule has 0 atom stereocenters. The van der Waals surface area contributed by atoms with Crippen molar-refractivity contribution in [2.75, 3.05) is 18.4 Å². The smallest absolute Gasteiger partial charge is 0.319 e. The SMILES string of the molecule is NC(=O)c1nc(CNC(=O)Nc2cccc(C(=O)N3CCCCC3)c2)no1. The molecule has 2 aromatic rings. The minimum atomic E-state index is -0.839. The number of anilines is 1. The summed E-state index contributed by atoms with van der Waals surface area (Å²) in [5, 5.41) is 8.70. The Morgan fingerprint density at radius 2 is 1.96 bits per heavy atom. The molecule has 1 fully saturated rings. The predicted octanol–water partition coefficient (Wildman–Crippen LogP) is 1.12. The molecule has 142 valence electrons. The van der Waals surface area contributed by atoms with Gasteiger partial charge >= 0.3 is 17.8 Å². The number of piperidine rings is 1. The number of nitrogens with two attached hydrogens (primary N) is 1. The molecular formula is C17H20N6O4. The van der Waals surface area contributed by atoms with E-state index in [2.05, 4.69) is 25.3 Å². The molecule has 27 heavy (non-hydrogen) atoms. The van der Waals surface area contributed by atoms with Gasteiger partial charge in [0.25, 0.3) is 5.91 Å². The molecule has 0 aliphatic carbocycles. The summed E-state index contributed by atoms with van der Waals surface area (Å²) in [6.45, 7) is 1.47. The number of hydrogen-bond acceptors (Lipinski definition) is 6. The van der Waals surface area contributed by atoms with E-state index in [1.165, 1.54) is 0 Å². The van der Waals surface area contributed by atoms with Gasteiger partial charge in [-0.15, -0.1) is 0 Å². The Labute approximate surface area is 155 Å². The summed E-state index contributed by atoms with van der Waals surface area (Å²) in [4.78, 5) is 41.0. The van der Waals surface area contributed by atoms with E-state index in [4.69, 9.17) is 5.73 Å². The van der Waals surface area contributed by atoms with Gasteiger partial charge in [0.1, 0.15) is 0 Å². The quantitative estimate of drug-likeness (QED) is 0.717. The molecule has 0 unspecified atom stereocenters. The van der Waals surface area contributed by atoms with Crippen molar-refractivity contribution in [3.8, 4) is 0 Å². The van der Waals surface area contributed by atoms with Crippen molar-refractivity contribution in [3.05, 3.63) is 41.5 Å². The molecule has 2 heterocycles. The van der Waals surface area contributed by atoms with Crippen molar-refractivity contribution < 1.29 is 18.9 Å². The molecule has 0 bridgehead atoms. The summed E-state index contributed by atoms with van der Waals surface area (Å²) < 4.78 is 4.63. The van der Waals surface area contributed by atoms with E-state index in [9.17, 15) is 14.4 Å². The first-order chi connectivity index (χ1) is 13.0. The third-order valence-electron chi connectivity index (χ3n) is 4.10. The fourth-order valence-corrected chi connectivity index (χ4v) is 2.77. The van der Waals surface area contributed by atoms with Gasteiger partial charge in [-0.3, -0.25) is 9.59 Å². The van der Waals surface area contributed by atoms with Crippen molar-refractivity contribution in [2.45, 2.75) is 25.8 Å². The van der Waals surface area contributed by atoms with E-state index < -0.39 is 11.9 Å². The van der Waals surface area contributed by atoms with E-state index in [0.29, 0.717) is 11.3 Å². The second-order valence-corrected chi connectivity index (χ2v) is 6.12. The molecule has 10 nitrogen and oxygen atoms in total.